The third-order valence-corrected chi connectivity index (χ3v) is 7.44. The van der Waals surface area contributed by atoms with Crippen molar-refractivity contribution in [1.29, 1.82) is 0 Å². The van der Waals surface area contributed by atoms with Crippen LogP contribution in [0.15, 0.2) is 36.7 Å². The molecule has 0 radical (unpaired) electrons. The van der Waals surface area contributed by atoms with E-state index in [4.69, 9.17) is 4.98 Å². The van der Waals surface area contributed by atoms with Crippen LogP contribution in [-0.4, -0.2) is 74.7 Å². The van der Waals surface area contributed by atoms with Crippen LogP contribution in [0.25, 0.3) is 5.57 Å². The molecule has 1 amide bonds. The van der Waals surface area contributed by atoms with E-state index < -0.39 is 0 Å². The molecule has 8 heteroatoms. The highest BCUT2D eigenvalue weighted by Crippen LogP contribution is 2.37. The Balaban J connectivity index is 1.36. The van der Waals surface area contributed by atoms with Crippen LogP contribution in [-0.2, 0) is 24.7 Å². The third-order valence-electron chi connectivity index (χ3n) is 7.44. The number of anilines is 1. The Kier molecular flexibility index (Phi) is 6.73. The lowest BCUT2D eigenvalue weighted by molar-refractivity contribution is -0.121. The monoisotopic (exact) mass is 485 g/mol. The highest BCUT2D eigenvalue weighted by molar-refractivity contribution is 5.97. The van der Waals surface area contributed by atoms with E-state index in [1.807, 2.05) is 50.1 Å². The van der Waals surface area contributed by atoms with Gasteiger partial charge in [0.25, 0.3) is 0 Å². The lowest BCUT2D eigenvalue weighted by Gasteiger charge is -2.35. The van der Waals surface area contributed by atoms with Crippen molar-refractivity contribution in [2.45, 2.75) is 39.7 Å². The SMILES string of the molecule is Cc1cnc(Cc2cn(C)nc2C)nc1C1=CCc2c(NC(=O)[C@H](C)N3CCN(C)CC3)cccc21. The molecule has 0 bridgehead atoms. The molecule has 1 aliphatic heterocycles. The first kappa shape index (κ1) is 24.3. The molecule has 188 valence electrons. The summed E-state index contributed by atoms with van der Waals surface area (Å²) >= 11 is 0. The van der Waals surface area contributed by atoms with Gasteiger partial charge in [0.15, 0.2) is 0 Å². The summed E-state index contributed by atoms with van der Waals surface area (Å²) in [6.07, 6.45) is 7.57. The first-order chi connectivity index (χ1) is 17.3. The van der Waals surface area contributed by atoms with Gasteiger partial charge >= 0.3 is 0 Å². The highest BCUT2D eigenvalue weighted by atomic mass is 16.2. The van der Waals surface area contributed by atoms with E-state index in [-0.39, 0.29) is 11.9 Å². The van der Waals surface area contributed by atoms with E-state index in [0.717, 1.165) is 83.3 Å². The molecule has 1 N–H and O–H groups in total. The summed E-state index contributed by atoms with van der Waals surface area (Å²) in [5.74, 6) is 0.834. The molecule has 36 heavy (non-hydrogen) atoms. The quantitative estimate of drug-likeness (QED) is 0.578. The van der Waals surface area contributed by atoms with E-state index in [0.29, 0.717) is 6.42 Å². The predicted molar refractivity (Wildman–Crippen MR) is 142 cm³/mol. The van der Waals surface area contributed by atoms with E-state index in [9.17, 15) is 4.79 Å². The number of carbonyl (C=O) groups excluding carboxylic acids is 1. The number of allylic oxidation sites excluding steroid dienone is 1. The van der Waals surface area contributed by atoms with Crippen LogP contribution in [0.2, 0.25) is 0 Å². The van der Waals surface area contributed by atoms with Gasteiger partial charge in [-0.3, -0.25) is 14.4 Å². The second kappa shape index (κ2) is 9.95. The van der Waals surface area contributed by atoms with Gasteiger partial charge in [-0.1, -0.05) is 18.2 Å². The van der Waals surface area contributed by atoms with Crippen LogP contribution in [0.4, 0.5) is 5.69 Å². The number of aryl methyl sites for hydroxylation is 3. The number of hydrogen-bond acceptors (Lipinski definition) is 6. The van der Waals surface area contributed by atoms with Crippen molar-refractivity contribution in [2.75, 3.05) is 38.5 Å². The highest BCUT2D eigenvalue weighted by Gasteiger charge is 2.27. The Hall–Kier alpha value is -3.36. The Labute approximate surface area is 213 Å². The standard InChI is InChI=1S/C28H35N7O/c1-18-16-29-26(15-21-17-34(5)32-19(21)2)31-27(18)24-10-9-23-22(24)7-6-8-25(23)30-28(36)20(3)35-13-11-33(4)12-14-35/h6-8,10,16-17,20H,9,11-15H2,1-5H3,(H,30,36)/t20-/m0/s1. The summed E-state index contributed by atoms with van der Waals surface area (Å²) in [7, 11) is 4.06. The lowest BCUT2D eigenvalue weighted by atomic mass is 9.99. The van der Waals surface area contributed by atoms with E-state index >= 15 is 0 Å². The van der Waals surface area contributed by atoms with Crippen molar-refractivity contribution < 1.29 is 4.79 Å². The molecule has 3 aromatic rings. The first-order valence-electron chi connectivity index (χ1n) is 12.7. The van der Waals surface area contributed by atoms with E-state index in [1.165, 1.54) is 0 Å². The van der Waals surface area contributed by atoms with Gasteiger partial charge in [0, 0.05) is 68.9 Å². The Morgan fingerprint density at radius 1 is 1.14 bits per heavy atom. The van der Waals surface area contributed by atoms with Crippen molar-refractivity contribution in [1.82, 2.24) is 29.5 Å². The Morgan fingerprint density at radius 2 is 1.92 bits per heavy atom. The average Bonchev–Trinajstić information content (AvgIpc) is 3.43. The zero-order valence-electron chi connectivity index (χ0n) is 21.9. The number of hydrogen-bond donors (Lipinski definition) is 1. The van der Waals surface area contributed by atoms with Crippen molar-refractivity contribution in [2.24, 2.45) is 7.05 Å². The molecule has 8 nitrogen and oxygen atoms in total. The summed E-state index contributed by atoms with van der Waals surface area (Å²) in [6, 6.07) is 5.99. The lowest BCUT2D eigenvalue weighted by Crippen LogP contribution is -2.51. The summed E-state index contributed by atoms with van der Waals surface area (Å²) in [4.78, 5) is 27.3. The normalized spacial score (nSPS) is 17.1. The second-order valence-corrected chi connectivity index (χ2v) is 10.1. The molecule has 2 aliphatic rings. The third kappa shape index (κ3) is 4.83. The molecular formula is C28H35N7O. The molecule has 0 saturated carbocycles. The fourth-order valence-electron chi connectivity index (χ4n) is 5.16. The van der Waals surface area contributed by atoms with Crippen LogP contribution in [0.5, 0.6) is 0 Å². The summed E-state index contributed by atoms with van der Waals surface area (Å²) in [5.41, 5.74) is 8.40. The summed E-state index contributed by atoms with van der Waals surface area (Å²) in [5, 5.41) is 7.66. The molecule has 1 saturated heterocycles. The molecule has 0 spiro atoms. The minimum Gasteiger partial charge on any atom is -0.324 e. The summed E-state index contributed by atoms with van der Waals surface area (Å²) < 4.78 is 1.83. The number of piperazine rings is 1. The van der Waals surface area contributed by atoms with Gasteiger partial charge in [0.05, 0.1) is 17.4 Å². The Bertz CT molecular complexity index is 1320. The number of fused-ring (bicyclic) bond motifs is 1. The zero-order chi connectivity index (χ0) is 25.4. The number of benzene rings is 1. The van der Waals surface area contributed by atoms with Crippen LogP contribution < -0.4 is 5.32 Å². The molecule has 1 aliphatic carbocycles. The van der Waals surface area contributed by atoms with Crippen molar-refractivity contribution in [3.05, 3.63) is 76.1 Å². The van der Waals surface area contributed by atoms with Crippen molar-refractivity contribution >= 4 is 17.2 Å². The van der Waals surface area contributed by atoms with Gasteiger partial charge < -0.3 is 10.2 Å². The van der Waals surface area contributed by atoms with E-state index in [1.54, 1.807) is 0 Å². The van der Waals surface area contributed by atoms with Gasteiger partial charge in [-0.2, -0.15) is 5.10 Å². The molecule has 1 atom stereocenters. The molecule has 5 rings (SSSR count). The number of rotatable bonds is 6. The van der Waals surface area contributed by atoms with Crippen LogP contribution in [0, 0.1) is 13.8 Å². The molecule has 3 heterocycles. The maximum Gasteiger partial charge on any atom is 0.241 e. The number of amides is 1. The summed E-state index contributed by atoms with van der Waals surface area (Å²) in [6.45, 7) is 9.88. The Morgan fingerprint density at radius 3 is 2.64 bits per heavy atom. The number of likely N-dealkylation sites (N-methyl/N-ethyl adjacent to an activating group) is 1. The number of nitrogens with one attached hydrogen (secondary N) is 1. The molecular weight excluding hydrogens is 450 g/mol. The topological polar surface area (TPSA) is 79.2 Å². The van der Waals surface area contributed by atoms with Crippen LogP contribution in [0.1, 0.15) is 46.4 Å². The molecule has 0 unspecified atom stereocenters. The predicted octanol–water partition coefficient (Wildman–Crippen LogP) is 2.98. The average molecular weight is 486 g/mol. The molecule has 2 aromatic heterocycles. The van der Waals surface area contributed by atoms with Gasteiger partial charge in [0.1, 0.15) is 5.82 Å². The van der Waals surface area contributed by atoms with Gasteiger partial charge in [-0.25, -0.2) is 9.97 Å². The maximum atomic E-state index is 13.1. The minimum absolute atomic E-state index is 0.0498. The number of aromatic nitrogens is 4. The van der Waals surface area contributed by atoms with Crippen molar-refractivity contribution in [3.8, 4) is 0 Å². The first-order valence-corrected chi connectivity index (χ1v) is 12.7. The largest absolute Gasteiger partial charge is 0.324 e. The fraction of sp³-hybridized carbons (Fsp3) is 0.429. The zero-order valence-corrected chi connectivity index (χ0v) is 21.9. The maximum absolute atomic E-state index is 13.1. The second-order valence-electron chi connectivity index (χ2n) is 10.1. The van der Waals surface area contributed by atoms with Crippen LogP contribution in [0.3, 0.4) is 0 Å². The smallest absolute Gasteiger partial charge is 0.241 e. The van der Waals surface area contributed by atoms with E-state index in [2.05, 4.69) is 51.3 Å². The molecule has 1 fully saturated rings. The van der Waals surface area contributed by atoms with Gasteiger partial charge in [0.2, 0.25) is 5.91 Å². The van der Waals surface area contributed by atoms with Gasteiger partial charge in [-0.05, 0) is 57.0 Å². The molecule has 1 aromatic carbocycles. The van der Waals surface area contributed by atoms with Crippen LogP contribution >= 0.6 is 0 Å². The number of nitrogens with zero attached hydrogens (tertiary/aromatic N) is 6. The minimum atomic E-state index is -0.161. The van der Waals surface area contributed by atoms with Crippen molar-refractivity contribution in [3.63, 3.8) is 0 Å². The number of carbonyl (C=O) groups is 1. The fourth-order valence-corrected chi connectivity index (χ4v) is 5.16. The van der Waals surface area contributed by atoms with Gasteiger partial charge in [-0.15, -0.1) is 0 Å².